The Morgan fingerprint density at radius 1 is 1.60 bits per heavy atom. The fourth-order valence-corrected chi connectivity index (χ4v) is 0. The van der Waals surface area contributed by atoms with E-state index in [4.69, 9.17) is 4.57 Å². The van der Waals surface area contributed by atoms with Crippen molar-refractivity contribution < 1.29 is 4.57 Å². The Kier molecular flexibility index (Phi) is 57.7. The van der Waals surface area contributed by atoms with E-state index in [2.05, 4.69) is 11.8 Å². The van der Waals surface area contributed by atoms with Crippen molar-refractivity contribution in [2.45, 2.75) is 0 Å². The van der Waals surface area contributed by atoms with Crippen LogP contribution in [0.3, 0.4) is 0 Å². The molecule has 0 N–H and O–H groups in total. The van der Waals surface area contributed by atoms with E-state index in [9.17, 15) is 0 Å². The SMILES string of the molecule is O=[PH]=S.[GeH4].[LiH]. The zero-order chi connectivity index (χ0) is 2.71. The summed E-state index contributed by atoms with van der Waals surface area (Å²) in [6.45, 7) is 0. The van der Waals surface area contributed by atoms with Crippen LogP contribution in [0.1, 0.15) is 0 Å². The van der Waals surface area contributed by atoms with E-state index in [1.807, 2.05) is 0 Å². The second kappa shape index (κ2) is 17.9. The number of hydrogen-bond donors (Lipinski definition) is 0. The molecule has 0 fully saturated rings. The summed E-state index contributed by atoms with van der Waals surface area (Å²) < 4.78 is 8.77. The Hall–Kier alpha value is 1.46. The zero-order valence-corrected chi connectivity index (χ0v) is 3.13. The van der Waals surface area contributed by atoms with Crippen molar-refractivity contribution in [1.29, 1.82) is 0 Å². The molecule has 0 aromatic carbocycles. The molecule has 0 spiro atoms. The van der Waals surface area contributed by atoms with E-state index in [1.165, 1.54) is 0 Å². The van der Waals surface area contributed by atoms with Gasteiger partial charge >= 0.3 is 36.5 Å². The predicted molar refractivity (Wildman–Crippen MR) is 34.8 cm³/mol. The fraction of sp³-hybridized carbons (Fsp3) is 0. The van der Waals surface area contributed by atoms with Crippen LogP contribution in [0.5, 0.6) is 0 Å². The van der Waals surface area contributed by atoms with Gasteiger partial charge in [-0.3, -0.25) is 4.57 Å². The molecule has 0 aromatic heterocycles. The Bertz CT molecular complexity index is 32.6. The maximum atomic E-state index is 8.77. The average molecular weight is 165 g/mol. The molecular formula is H6GeLiOPS. The molecule has 0 saturated heterocycles. The van der Waals surface area contributed by atoms with E-state index >= 15 is 0 Å². The molecule has 0 radical (unpaired) electrons. The first-order valence-electron chi connectivity index (χ1n) is 0.408. The van der Waals surface area contributed by atoms with Crippen LogP contribution in [0.15, 0.2) is 0 Å². The normalized spacial score (nSPS) is 4.00. The first-order valence-corrected chi connectivity index (χ1v) is 2.45. The quantitative estimate of drug-likeness (QED) is 0.316. The fourth-order valence-electron chi connectivity index (χ4n) is 0. The molecule has 1 unspecified atom stereocenters. The summed E-state index contributed by atoms with van der Waals surface area (Å²) in [5.74, 6) is 0. The average Bonchev–Trinajstić information content (AvgIpc) is 0.918. The monoisotopic (exact) mass is 166 g/mol. The van der Waals surface area contributed by atoms with Crippen molar-refractivity contribution in [3.63, 3.8) is 0 Å². The molecule has 5 heteroatoms. The predicted octanol–water partition coefficient (Wildman–Crippen LogP) is -1.63. The first-order chi connectivity index (χ1) is 1.41. The molecule has 0 saturated carbocycles. The first kappa shape index (κ1) is 16.1. The van der Waals surface area contributed by atoms with Gasteiger partial charge in [0.1, 0.15) is 0 Å². The van der Waals surface area contributed by atoms with Crippen LogP contribution in [-0.2, 0) is 16.4 Å². The standard InChI is InChI=1S/GeH4.Li.HOPS.H/c;;1-2-3;/h1H4;;2H;. The number of hydrogen-bond acceptors (Lipinski definition) is 2. The molecule has 0 rings (SSSR count). The van der Waals surface area contributed by atoms with Gasteiger partial charge in [-0.05, 0) is 11.8 Å². The van der Waals surface area contributed by atoms with Gasteiger partial charge < -0.3 is 0 Å². The van der Waals surface area contributed by atoms with Gasteiger partial charge in [0.2, 0.25) is 0 Å². The summed E-state index contributed by atoms with van der Waals surface area (Å²) in [7, 11) is -0.583. The Labute approximate surface area is 59.9 Å². The van der Waals surface area contributed by atoms with Crippen LogP contribution >= 0.6 is 7.24 Å². The molecule has 0 heterocycles. The molecule has 28 valence electrons. The van der Waals surface area contributed by atoms with Crippen molar-refractivity contribution in [1.82, 2.24) is 0 Å². The van der Waals surface area contributed by atoms with Crippen molar-refractivity contribution in [2.24, 2.45) is 0 Å². The topological polar surface area (TPSA) is 17.1 Å². The van der Waals surface area contributed by atoms with Gasteiger partial charge in [-0.15, -0.1) is 0 Å². The molecule has 0 bridgehead atoms. The Morgan fingerprint density at radius 3 is 1.60 bits per heavy atom. The summed E-state index contributed by atoms with van der Waals surface area (Å²) in [5.41, 5.74) is 0. The number of rotatable bonds is 0. The van der Waals surface area contributed by atoms with Crippen molar-refractivity contribution in [3.8, 4) is 0 Å². The van der Waals surface area contributed by atoms with E-state index in [0.29, 0.717) is 0 Å². The van der Waals surface area contributed by atoms with Gasteiger partial charge in [-0.1, -0.05) is 0 Å². The summed E-state index contributed by atoms with van der Waals surface area (Å²) in [4.78, 5) is 0. The molecule has 1 nitrogen and oxygen atoms in total. The van der Waals surface area contributed by atoms with Gasteiger partial charge in [-0.25, -0.2) is 0 Å². The van der Waals surface area contributed by atoms with Crippen molar-refractivity contribution in [3.05, 3.63) is 0 Å². The summed E-state index contributed by atoms with van der Waals surface area (Å²) in [6.07, 6.45) is 0. The Morgan fingerprint density at radius 2 is 1.60 bits per heavy atom. The van der Waals surface area contributed by atoms with Gasteiger partial charge in [0.15, 0.2) is 7.24 Å². The molecular weight excluding hydrogens is 159 g/mol. The summed E-state index contributed by atoms with van der Waals surface area (Å²) in [6, 6.07) is 0. The van der Waals surface area contributed by atoms with Gasteiger partial charge in [0, 0.05) is 0 Å². The van der Waals surface area contributed by atoms with Gasteiger partial charge in [-0.2, -0.15) is 0 Å². The van der Waals surface area contributed by atoms with E-state index < -0.39 is 7.24 Å². The van der Waals surface area contributed by atoms with Crippen molar-refractivity contribution >= 4 is 55.5 Å². The Balaban J connectivity index is -0.0000000200. The van der Waals surface area contributed by atoms with Crippen LogP contribution in [0.25, 0.3) is 0 Å². The van der Waals surface area contributed by atoms with Crippen LogP contribution in [-0.4, -0.2) is 36.5 Å². The van der Waals surface area contributed by atoms with E-state index in [0.717, 1.165) is 0 Å². The molecule has 1 atom stereocenters. The summed E-state index contributed by atoms with van der Waals surface area (Å²) >= 11 is 3.87. The summed E-state index contributed by atoms with van der Waals surface area (Å²) in [5, 5.41) is 0. The molecule has 0 aliphatic carbocycles. The van der Waals surface area contributed by atoms with Crippen LogP contribution in [0.4, 0.5) is 0 Å². The third-order valence-corrected chi connectivity index (χ3v) is 0. The van der Waals surface area contributed by atoms with Crippen LogP contribution < -0.4 is 0 Å². The van der Waals surface area contributed by atoms with Gasteiger partial charge in [0.05, 0.1) is 0 Å². The molecule has 5 heavy (non-hydrogen) atoms. The van der Waals surface area contributed by atoms with E-state index in [-0.39, 0.29) is 36.5 Å². The van der Waals surface area contributed by atoms with Crippen molar-refractivity contribution in [2.75, 3.05) is 0 Å². The van der Waals surface area contributed by atoms with Crippen LogP contribution in [0.2, 0.25) is 0 Å². The van der Waals surface area contributed by atoms with E-state index in [1.54, 1.807) is 0 Å². The third kappa shape index (κ3) is 30.7. The second-order valence-electron chi connectivity index (χ2n) is 0.0833. The second-order valence-corrected chi connectivity index (χ2v) is 0.750. The molecule has 0 aliphatic rings. The van der Waals surface area contributed by atoms with Crippen LogP contribution in [0, 0.1) is 0 Å². The zero-order valence-electron chi connectivity index (χ0n) is 1.32. The molecule has 0 aliphatic heterocycles. The third-order valence-electron chi connectivity index (χ3n) is 0. The minimum absolute atomic E-state index is 0. The van der Waals surface area contributed by atoms with Gasteiger partial charge in [0.25, 0.3) is 0 Å². The molecule has 0 amide bonds. The minimum atomic E-state index is -0.583. The maximum absolute atomic E-state index is 8.77. The molecule has 0 aromatic rings.